The Bertz CT molecular complexity index is 876. The number of carbonyl (C=O) groups excluding carboxylic acids is 1. The van der Waals surface area contributed by atoms with Gasteiger partial charge in [0, 0.05) is 25.1 Å². The minimum atomic E-state index is -0.0830. The number of fused-ring (bicyclic) bond motifs is 1. The van der Waals surface area contributed by atoms with E-state index in [0.717, 1.165) is 11.5 Å². The minimum Gasteiger partial charge on any atom is -0.497 e. The molecule has 130 valence electrons. The SMILES string of the molecule is COc1ccc(OC)c(NC(=O)CCCc2nnc3ccccn23)c1. The van der Waals surface area contributed by atoms with E-state index in [2.05, 4.69) is 15.5 Å². The molecule has 7 nitrogen and oxygen atoms in total. The number of methoxy groups -OCH3 is 2. The molecule has 0 radical (unpaired) electrons. The number of anilines is 1. The highest BCUT2D eigenvalue weighted by atomic mass is 16.5. The van der Waals surface area contributed by atoms with Crippen molar-refractivity contribution in [3.8, 4) is 11.5 Å². The molecule has 1 aromatic carbocycles. The van der Waals surface area contributed by atoms with Gasteiger partial charge in [-0.25, -0.2) is 0 Å². The Morgan fingerprint density at radius 2 is 2.04 bits per heavy atom. The van der Waals surface area contributed by atoms with Gasteiger partial charge in [-0.3, -0.25) is 9.20 Å². The highest BCUT2D eigenvalue weighted by Gasteiger charge is 2.10. The standard InChI is InChI=1S/C18H20N4O3/c1-24-13-9-10-15(25-2)14(12-13)19-18(23)8-5-7-17-21-20-16-6-3-4-11-22(16)17/h3-4,6,9-12H,5,7-8H2,1-2H3,(H,19,23). The van der Waals surface area contributed by atoms with Gasteiger partial charge in [-0.1, -0.05) is 6.07 Å². The van der Waals surface area contributed by atoms with E-state index in [1.54, 1.807) is 32.4 Å². The van der Waals surface area contributed by atoms with Crippen molar-refractivity contribution in [1.29, 1.82) is 0 Å². The fourth-order valence-electron chi connectivity index (χ4n) is 2.59. The summed E-state index contributed by atoms with van der Waals surface area (Å²) < 4.78 is 12.4. The third-order valence-electron chi connectivity index (χ3n) is 3.87. The van der Waals surface area contributed by atoms with Crippen LogP contribution < -0.4 is 14.8 Å². The molecule has 0 fully saturated rings. The van der Waals surface area contributed by atoms with E-state index < -0.39 is 0 Å². The highest BCUT2D eigenvalue weighted by molar-refractivity contribution is 5.92. The Hall–Kier alpha value is -3.09. The summed E-state index contributed by atoms with van der Waals surface area (Å²) in [7, 11) is 3.14. The molecule has 2 aromatic heterocycles. The Balaban J connectivity index is 1.58. The van der Waals surface area contributed by atoms with Crippen molar-refractivity contribution in [2.75, 3.05) is 19.5 Å². The van der Waals surface area contributed by atoms with Crippen LogP contribution in [0.2, 0.25) is 0 Å². The summed E-state index contributed by atoms with van der Waals surface area (Å²) in [6.07, 6.45) is 3.65. The molecule has 0 aliphatic rings. The zero-order valence-electron chi connectivity index (χ0n) is 14.2. The number of ether oxygens (including phenoxy) is 2. The van der Waals surface area contributed by atoms with Gasteiger partial charge in [0.2, 0.25) is 5.91 Å². The van der Waals surface area contributed by atoms with Crippen LogP contribution in [0.5, 0.6) is 11.5 Å². The van der Waals surface area contributed by atoms with Gasteiger partial charge >= 0.3 is 0 Å². The zero-order valence-corrected chi connectivity index (χ0v) is 14.2. The predicted molar refractivity (Wildman–Crippen MR) is 94.1 cm³/mol. The minimum absolute atomic E-state index is 0.0830. The maximum absolute atomic E-state index is 12.2. The van der Waals surface area contributed by atoms with Crippen LogP contribution in [0.1, 0.15) is 18.7 Å². The summed E-state index contributed by atoms with van der Waals surface area (Å²) in [5, 5.41) is 11.1. The van der Waals surface area contributed by atoms with Gasteiger partial charge in [-0.15, -0.1) is 10.2 Å². The van der Waals surface area contributed by atoms with Crippen LogP contribution in [-0.4, -0.2) is 34.7 Å². The number of rotatable bonds is 7. The topological polar surface area (TPSA) is 77.8 Å². The first-order chi connectivity index (χ1) is 12.2. The largest absolute Gasteiger partial charge is 0.497 e. The van der Waals surface area contributed by atoms with E-state index in [1.165, 1.54) is 0 Å². The molecule has 0 saturated heterocycles. The maximum atomic E-state index is 12.2. The average Bonchev–Trinajstić information content (AvgIpc) is 3.05. The molecule has 7 heteroatoms. The monoisotopic (exact) mass is 340 g/mol. The molecular weight excluding hydrogens is 320 g/mol. The molecule has 0 spiro atoms. The number of carbonyl (C=O) groups is 1. The number of nitrogens with one attached hydrogen (secondary N) is 1. The molecule has 25 heavy (non-hydrogen) atoms. The average molecular weight is 340 g/mol. The third kappa shape index (κ3) is 3.88. The normalized spacial score (nSPS) is 10.6. The van der Waals surface area contributed by atoms with Gasteiger partial charge in [0.1, 0.15) is 17.3 Å². The summed E-state index contributed by atoms with van der Waals surface area (Å²) in [4.78, 5) is 12.2. The molecular formula is C18H20N4O3. The smallest absolute Gasteiger partial charge is 0.224 e. The molecule has 3 aromatic rings. The summed E-state index contributed by atoms with van der Waals surface area (Å²) in [5.41, 5.74) is 1.41. The molecule has 1 N–H and O–H groups in total. The molecule has 0 atom stereocenters. The number of hydrogen-bond donors (Lipinski definition) is 1. The Labute approximate surface area is 145 Å². The number of pyridine rings is 1. The lowest BCUT2D eigenvalue weighted by Crippen LogP contribution is -2.12. The van der Waals surface area contributed by atoms with Crippen molar-refractivity contribution < 1.29 is 14.3 Å². The van der Waals surface area contributed by atoms with E-state index in [-0.39, 0.29) is 5.91 Å². The van der Waals surface area contributed by atoms with Crippen LogP contribution in [0, 0.1) is 0 Å². The van der Waals surface area contributed by atoms with E-state index in [9.17, 15) is 4.79 Å². The van der Waals surface area contributed by atoms with Crippen molar-refractivity contribution >= 4 is 17.2 Å². The van der Waals surface area contributed by atoms with E-state index in [1.807, 2.05) is 28.8 Å². The van der Waals surface area contributed by atoms with Crippen molar-refractivity contribution in [1.82, 2.24) is 14.6 Å². The van der Waals surface area contributed by atoms with Gasteiger partial charge in [0.25, 0.3) is 0 Å². The summed E-state index contributed by atoms with van der Waals surface area (Å²) in [5.74, 6) is 2.02. The van der Waals surface area contributed by atoms with Gasteiger partial charge in [-0.2, -0.15) is 0 Å². The van der Waals surface area contributed by atoms with Gasteiger partial charge in [-0.05, 0) is 30.7 Å². The lowest BCUT2D eigenvalue weighted by Gasteiger charge is -2.11. The van der Waals surface area contributed by atoms with E-state index in [0.29, 0.717) is 36.4 Å². The number of aryl methyl sites for hydroxylation is 1. The van der Waals surface area contributed by atoms with Crippen LogP contribution in [0.4, 0.5) is 5.69 Å². The summed E-state index contributed by atoms with van der Waals surface area (Å²) >= 11 is 0. The summed E-state index contributed by atoms with van der Waals surface area (Å²) in [6, 6.07) is 11.0. The third-order valence-corrected chi connectivity index (χ3v) is 3.87. The van der Waals surface area contributed by atoms with Gasteiger partial charge in [0.15, 0.2) is 5.65 Å². The van der Waals surface area contributed by atoms with Gasteiger partial charge in [0.05, 0.1) is 19.9 Å². The number of benzene rings is 1. The van der Waals surface area contributed by atoms with Crippen molar-refractivity contribution in [2.45, 2.75) is 19.3 Å². The molecule has 0 aliphatic heterocycles. The second-order valence-corrected chi connectivity index (χ2v) is 5.51. The molecule has 1 amide bonds. The number of nitrogens with zero attached hydrogens (tertiary/aromatic N) is 3. The van der Waals surface area contributed by atoms with Crippen molar-refractivity contribution in [3.63, 3.8) is 0 Å². The van der Waals surface area contributed by atoms with Crippen LogP contribution in [-0.2, 0) is 11.2 Å². The van der Waals surface area contributed by atoms with Crippen LogP contribution in [0.15, 0.2) is 42.6 Å². The first kappa shape index (κ1) is 16.8. The molecule has 0 saturated carbocycles. The summed E-state index contributed by atoms with van der Waals surface area (Å²) in [6.45, 7) is 0. The second kappa shape index (κ2) is 7.65. The Morgan fingerprint density at radius 1 is 1.16 bits per heavy atom. The van der Waals surface area contributed by atoms with Crippen molar-refractivity contribution in [3.05, 3.63) is 48.4 Å². The van der Waals surface area contributed by atoms with Crippen LogP contribution in [0.3, 0.4) is 0 Å². The van der Waals surface area contributed by atoms with E-state index >= 15 is 0 Å². The zero-order chi connectivity index (χ0) is 17.6. The fourth-order valence-corrected chi connectivity index (χ4v) is 2.59. The predicted octanol–water partition coefficient (Wildman–Crippen LogP) is 2.71. The maximum Gasteiger partial charge on any atom is 0.224 e. The van der Waals surface area contributed by atoms with Crippen molar-refractivity contribution in [2.24, 2.45) is 0 Å². The quantitative estimate of drug-likeness (QED) is 0.715. The molecule has 0 bridgehead atoms. The van der Waals surface area contributed by atoms with Crippen LogP contribution in [0.25, 0.3) is 5.65 Å². The number of amides is 1. The Kier molecular flexibility index (Phi) is 5.13. The highest BCUT2D eigenvalue weighted by Crippen LogP contribution is 2.29. The fraction of sp³-hybridized carbons (Fsp3) is 0.278. The molecule has 0 unspecified atom stereocenters. The van der Waals surface area contributed by atoms with Gasteiger partial charge < -0.3 is 14.8 Å². The van der Waals surface area contributed by atoms with Crippen LogP contribution >= 0.6 is 0 Å². The molecule has 2 heterocycles. The lowest BCUT2D eigenvalue weighted by atomic mass is 10.2. The Morgan fingerprint density at radius 3 is 2.84 bits per heavy atom. The first-order valence-electron chi connectivity index (χ1n) is 8.02. The lowest BCUT2D eigenvalue weighted by molar-refractivity contribution is -0.116. The number of aromatic nitrogens is 3. The number of hydrogen-bond acceptors (Lipinski definition) is 5. The first-order valence-corrected chi connectivity index (χ1v) is 8.02. The van der Waals surface area contributed by atoms with E-state index in [4.69, 9.17) is 9.47 Å². The molecule has 0 aliphatic carbocycles. The second-order valence-electron chi connectivity index (χ2n) is 5.51. The molecule has 3 rings (SSSR count).